The number of rotatable bonds is 11. The van der Waals surface area contributed by atoms with Gasteiger partial charge in [-0.1, -0.05) is 24.8 Å². The molecule has 1 aromatic carbocycles. The van der Waals surface area contributed by atoms with Gasteiger partial charge in [-0.15, -0.1) is 0 Å². The lowest BCUT2D eigenvalue weighted by Gasteiger charge is -2.35. The van der Waals surface area contributed by atoms with Gasteiger partial charge < -0.3 is 28.7 Å². The zero-order valence-electron chi connectivity index (χ0n) is 21.4. The summed E-state index contributed by atoms with van der Waals surface area (Å²) in [4.78, 5) is 25.9. The summed E-state index contributed by atoms with van der Waals surface area (Å²) in [7, 11) is 0. The number of ether oxygens (including phenoxy) is 2. The van der Waals surface area contributed by atoms with E-state index >= 15 is 0 Å². The predicted molar refractivity (Wildman–Crippen MR) is 141 cm³/mol. The summed E-state index contributed by atoms with van der Waals surface area (Å²) < 4.78 is 23.1. The highest BCUT2D eigenvalue weighted by molar-refractivity contribution is 8.09. The van der Waals surface area contributed by atoms with Crippen molar-refractivity contribution in [1.82, 2.24) is 9.99 Å². The average molecular weight is 555 g/mol. The van der Waals surface area contributed by atoms with E-state index in [0.717, 1.165) is 0 Å². The average Bonchev–Trinajstić information content (AvgIpc) is 3.01. The Morgan fingerprint density at radius 2 is 2.03 bits per heavy atom. The van der Waals surface area contributed by atoms with E-state index in [1.54, 1.807) is 51.1 Å². The van der Waals surface area contributed by atoms with Gasteiger partial charge in [0.05, 0.1) is 25.6 Å². The second-order valence-corrected chi connectivity index (χ2v) is 12.8. The number of carbonyl (C=O) groups excluding carboxylic acids is 2. The first-order valence-electron chi connectivity index (χ1n) is 12.0. The number of allylic oxidation sites excluding steroid dienone is 1. The molecular weight excluding hydrogens is 519 g/mol. The summed E-state index contributed by atoms with van der Waals surface area (Å²) in [5.41, 5.74) is -1.15. The van der Waals surface area contributed by atoms with Crippen LogP contribution in [0.4, 0.5) is 0 Å². The van der Waals surface area contributed by atoms with Crippen LogP contribution in [0.1, 0.15) is 40.5 Å². The summed E-state index contributed by atoms with van der Waals surface area (Å²) in [6.45, 7) is 6.92. The van der Waals surface area contributed by atoms with E-state index in [9.17, 15) is 19.8 Å². The molecule has 0 aliphatic carbocycles. The molecule has 0 aromatic heterocycles. The first-order chi connectivity index (χ1) is 17.3. The van der Waals surface area contributed by atoms with E-state index in [0.29, 0.717) is 11.3 Å². The molecule has 37 heavy (non-hydrogen) atoms. The van der Waals surface area contributed by atoms with Crippen molar-refractivity contribution in [2.24, 2.45) is 0 Å². The van der Waals surface area contributed by atoms with Gasteiger partial charge in [-0.2, -0.15) is 0 Å². The number of nitrogens with one attached hydrogen (secondary N) is 1. The molecule has 2 aliphatic heterocycles. The Bertz CT molecular complexity index is 1060. The highest BCUT2D eigenvalue weighted by atomic mass is 32.5. The maximum absolute atomic E-state index is 12.5. The molecule has 3 N–H and O–H groups in total. The summed E-state index contributed by atoms with van der Waals surface area (Å²) in [5, 5.41) is 25.0. The number of amides is 1. The molecular formula is C25H35N2O8PS. The molecule has 2 heterocycles. The Hall–Kier alpha value is -2.11. The SMILES string of the molecule is C=C1C=CN([C@@H]2O[C@H](COP(=S)(NC(C)CC(=O)OC(C)C)Oc3ccccc3)[C@@H](O)[C@@]2(C)O)C(=O)C1. The predicted octanol–water partition coefficient (Wildman–Crippen LogP) is 2.77. The molecule has 1 amide bonds. The molecule has 2 unspecified atom stereocenters. The van der Waals surface area contributed by atoms with Crippen LogP contribution in [0.2, 0.25) is 0 Å². The molecule has 2 aliphatic rings. The van der Waals surface area contributed by atoms with Crippen molar-refractivity contribution < 1.29 is 38.3 Å². The molecule has 204 valence electrons. The summed E-state index contributed by atoms with van der Waals surface area (Å²) >= 11 is 5.74. The van der Waals surface area contributed by atoms with Crippen LogP contribution in [0.3, 0.4) is 0 Å². The zero-order chi connectivity index (χ0) is 27.4. The fourth-order valence-electron chi connectivity index (χ4n) is 3.96. The van der Waals surface area contributed by atoms with Crippen molar-refractivity contribution in [1.29, 1.82) is 0 Å². The van der Waals surface area contributed by atoms with E-state index in [4.69, 9.17) is 30.3 Å². The normalized spacial score (nSPS) is 28.3. The largest absolute Gasteiger partial charge is 0.463 e. The van der Waals surface area contributed by atoms with Gasteiger partial charge in [0.25, 0.3) is 0 Å². The fraction of sp³-hybridized carbons (Fsp3) is 0.520. The molecule has 0 saturated carbocycles. The van der Waals surface area contributed by atoms with Crippen LogP contribution in [0.15, 0.2) is 54.8 Å². The molecule has 0 radical (unpaired) electrons. The molecule has 1 saturated heterocycles. The Labute approximate surface area is 222 Å². The number of carbonyl (C=O) groups is 2. The van der Waals surface area contributed by atoms with Crippen LogP contribution in [0.25, 0.3) is 0 Å². The van der Waals surface area contributed by atoms with Crippen LogP contribution >= 0.6 is 6.64 Å². The van der Waals surface area contributed by atoms with Gasteiger partial charge >= 0.3 is 12.6 Å². The van der Waals surface area contributed by atoms with Crippen LogP contribution in [0, 0.1) is 0 Å². The van der Waals surface area contributed by atoms with Crippen molar-refractivity contribution in [3.8, 4) is 5.75 Å². The second-order valence-electron chi connectivity index (χ2n) is 9.62. The molecule has 6 atom stereocenters. The number of hydrogen-bond acceptors (Lipinski definition) is 9. The summed E-state index contributed by atoms with van der Waals surface area (Å²) in [5.74, 6) is -0.253. The number of para-hydroxylation sites is 1. The number of hydrogen-bond donors (Lipinski definition) is 3. The monoisotopic (exact) mass is 554 g/mol. The van der Waals surface area contributed by atoms with Gasteiger partial charge in [-0.05, 0) is 63.3 Å². The van der Waals surface area contributed by atoms with Crippen LogP contribution < -0.4 is 9.61 Å². The quantitative estimate of drug-likeness (QED) is 0.278. The molecule has 12 heteroatoms. The first kappa shape index (κ1) is 29.4. The molecule has 1 fully saturated rings. The van der Waals surface area contributed by atoms with E-state index in [-0.39, 0.29) is 31.5 Å². The second kappa shape index (κ2) is 12.2. The van der Waals surface area contributed by atoms with Gasteiger partial charge in [0.15, 0.2) is 6.23 Å². The van der Waals surface area contributed by atoms with E-state index in [1.165, 1.54) is 18.0 Å². The van der Waals surface area contributed by atoms with Crippen molar-refractivity contribution in [3.63, 3.8) is 0 Å². The van der Waals surface area contributed by atoms with E-state index in [1.807, 2.05) is 6.07 Å². The number of benzene rings is 1. The van der Waals surface area contributed by atoms with Gasteiger partial charge in [-0.25, -0.2) is 5.09 Å². The van der Waals surface area contributed by atoms with Gasteiger partial charge in [0, 0.05) is 12.2 Å². The van der Waals surface area contributed by atoms with Gasteiger partial charge in [0.1, 0.15) is 23.6 Å². The lowest BCUT2D eigenvalue weighted by atomic mass is 9.95. The molecule has 0 bridgehead atoms. The highest BCUT2D eigenvalue weighted by Crippen LogP contribution is 2.47. The van der Waals surface area contributed by atoms with Gasteiger partial charge in [-0.3, -0.25) is 14.5 Å². The van der Waals surface area contributed by atoms with Crippen LogP contribution in [-0.2, 0) is 35.4 Å². The first-order valence-corrected chi connectivity index (χ1v) is 14.6. The minimum absolute atomic E-state index is 0.0338. The van der Waals surface area contributed by atoms with Crippen molar-refractivity contribution in [2.75, 3.05) is 6.61 Å². The van der Waals surface area contributed by atoms with Crippen molar-refractivity contribution in [3.05, 3.63) is 54.8 Å². The van der Waals surface area contributed by atoms with E-state index in [2.05, 4.69) is 11.7 Å². The molecule has 1 aromatic rings. The Morgan fingerprint density at radius 1 is 1.35 bits per heavy atom. The number of aliphatic hydroxyl groups excluding tert-OH is 1. The van der Waals surface area contributed by atoms with Crippen molar-refractivity contribution >= 4 is 30.3 Å². The lowest BCUT2D eigenvalue weighted by molar-refractivity contribution is -0.156. The van der Waals surface area contributed by atoms with Crippen molar-refractivity contribution in [2.45, 2.75) is 76.7 Å². The minimum Gasteiger partial charge on any atom is -0.463 e. The summed E-state index contributed by atoms with van der Waals surface area (Å²) in [6, 6.07) is 8.37. The van der Waals surface area contributed by atoms with Gasteiger partial charge in [0.2, 0.25) is 5.91 Å². The smallest absolute Gasteiger partial charge is 0.313 e. The maximum Gasteiger partial charge on any atom is 0.313 e. The Balaban J connectivity index is 1.73. The minimum atomic E-state index is -3.28. The third kappa shape index (κ3) is 7.70. The molecule has 10 nitrogen and oxygen atoms in total. The Kier molecular flexibility index (Phi) is 9.68. The third-order valence-electron chi connectivity index (χ3n) is 5.74. The van der Waals surface area contributed by atoms with E-state index < -0.39 is 42.7 Å². The van der Waals surface area contributed by atoms with Crippen LogP contribution in [0.5, 0.6) is 5.75 Å². The number of nitrogens with zero attached hydrogens (tertiary/aromatic N) is 1. The molecule has 3 rings (SSSR count). The third-order valence-corrected chi connectivity index (χ3v) is 8.29. The zero-order valence-corrected chi connectivity index (χ0v) is 23.1. The number of esters is 1. The number of aliphatic hydroxyl groups is 2. The lowest BCUT2D eigenvalue weighted by Crippen LogP contribution is -2.53. The standard InChI is InChI=1S/C25H35N2O8PS/c1-16(2)33-22(29)14-18(4)26-36(37,35-19-9-7-6-8-10-19)32-15-20-23(30)25(5,31)24(34-20)27-12-11-17(3)13-21(27)28/h6-12,16,18,20,23-24,30-31H,3,13-15H2,1-2,4-5H3,(H,26,37)/t18?,20-,23-,24-,25-,36?/m1/s1. The Morgan fingerprint density at radius 3 is 2.65 bits per heavy atom. The fourth-order valence-corrected chi connectivity index (χ4v) is 6.49. The highest BCUT2D eigenvalue weighted by Gasteiger charge is 2.55. The summed E-state index contributed by atoms with van der Waals surface area (Å²) in [6.07, 6.45) is -0.549. The molecule has 0 spiro atoms. The van der Waals surface area contributed by atoms with Crippen LogP contribution in [-0.4, -0.2) is 69.8 Å². The topological polar surface area (TPSA) is 127 Å². The maximum atomic E-state index is 12.5.